The first-order valence-electron chi connectivity index (χ1n) is 6.55. The molecule has 2 aromatic rings. The van der Waals surface area contributed by atoms with Crippen LogP contribution in [0.25, 0.3) is 6.08 Å². The maximum absolute atomic E-state index is 13.5. The Balaban J connectivity index is 2.31. The Labute approximate surface area is 135 Å². The van der Waals surface area contributed by atoms with Gasteiger partial charge in [-0.25, -0.2) is 4.39 Å². The number of anilines is 1. The van der Waals surface area contributed by atoms with Gasteiger partial charge in [0.05, 0.1) is 10.6 Å². The van der Waals surface area contributed by atoms with Crippen molar-refractivity contribution in [3.63, 3.8) is 0 Å². The molecule has 8 heteroatoms. The molecule has 2 aromatic carbocycles. The van der Waals surface area contributed by atoms with Crippen LogP contribution in [-0.2, 0) is 4.79 Å². The number of carbonyl (C=O) groups is 1. The van der Waals surface area contributed by atoms with Gasteiger partial charge in [-0.1, -0.05) is 24.3 Å². The van der Waals surface area contributed by atoms with Crippen LogP contribution < -0.4 is 10.4 Å². The lowest BCUT2D eigenvalue weighted by Gasteiger charge is -2.07. The summed E-state index contributed by atoms with van der Waals surface area (Å²) in [6.07, 6.45) is 1.07. The largest absolute Gasteiger partial charge is 0.868 e. The number of carbonyl (C=O) groups excluding carboxylic acids is 1. The van der Waals surface area contributed by atoms with E-state index in [1.165, 1.54) is 24.3 Å². The zero-order valence-corrected chi connectivity index (χ0v) is 12.0. The lowest BCUT2D eigenvalue weighted by atomic mass is 10.1. The van der Waals surface area contributed by atoms with E-state index >= 15 is 0 Å². The Morgan fingerprint density at radius 1 is 1.29 bits per heavy atom. The molecule has 0 unspecified atom stereocenters. The minimum absolute atomic E-state index is 0.107. The summed E-state index contributed by atoms with van der Waals surface area (Å²) in [6.45, 7) is 0. The first-order valence-corrected chi connectivity index (χ1v) is 6.55. The van der Waals surface area contributed by atoms with Crippen molar-refractivity contribution in [2.45, 2.75) is 0 Å². The summed E-state index contributed by atoms with van der Waals surface area (Å²) in [5, 5.41) is 33.4. The van der Waals surface area contributed by atoms with Gasteiger partial charge in [-0.05, 0) is 29.5 Å². The van der Waals surface area contributed by atoms with E-state index in [0.29, 0.717) is 0 Å². The molecule has 0 aliphatic carbocycles. The molecule has 0 saturated heterocycles. The zero-order valence-electron chi connectivity index (χ0n) is 12.0. The standard InChI is InChI=1S/C16H10FN3O4/c17-12-3-1-2-4-13(12)19-16(22)11(9-18)7-10-5-6-15(21)14(8-10)20(23)24/h1-8,21H,(H,19,22)/p-1/b11-7+. The predicted molar refractivity (Wildman–Crippen MR) is 81.2 cm³/mol. The molecule has 0 heterocycles. The second-order valence-electron chi connectivity index (χ2n) is 4.59. The van der Waals surface area contributed by atoms with Gasteiger partial charge in [0.1, 0.15) is 17.5 Å². The van der Waals surface area contributed by atoms with Crippen molar-refractivity contribution in [2.24, 2.45) is 0 Å². The van der Waals surface area contributed by atoms with Gasteiger partial charge in [0.15, 0.2) is 0 Å². The van der Waals surface area contributed by atoms with Gasteiger partial charge < -0.3 is 10.4 Å². The third-order valence-electron chi connectivity index (χ3n) is 2.98. The van der Waals surface area contributed by atoms with Crippen LogP contribution in [0, 0.1) is 27.3 Å². The number of rotatable bonds is 4. The lowest BCUT2D eigenvalue weighted by Crippen LogP contribution is -2.14. The molecule has 0 aliphatic rings. The number of benzene rings is 2. The smallest absolute Gasteiger partial charge is 0.266 e. The number of nitrogens with zero attached hydrogens (tertiary/aromatic N) is 2. The van der Waals surface area contributed by atoms with E-state index < -0.39 is 33.7 Å². The Morgan fingerprint density at radius 2 is 2.00 bits per heavy atom. The van der Waals surface area contributed by atoms with Crippen LogP contribution in [0.5, 0.6) is 5.75 Å². The van der Waals surface area contributed by atoms with Gasteiger partial charge in [0.25, 0.3) is 11.6 Å². The predicted octanol–water partition coefficient (Wildman–Crippen LogP) is 2.35. The Bertz CT molecular complexity index is 887. The van der Waals surface area contributed by atoms with Crippen LogP contribution in [0.15, 0.2) is 48.0 Å². The van der Waals surface area contributed by atoms with Crippen molar-refractivity contribution < 1.29 is 19.2 Å². The fourth-order valence-corrected chi connectivity index (χ4v) is 1.83. The highest BCUT2D eigenvalue weighted by molar-refractivity contribution is 6.09. The third kappa shape index (κ3) is 3.72. The van der Waals surface area contributed by atoms with Crippen LogP contribution in [0.2, 0.25) is 0 Å². The number of hydrogen-bond acceptors (Lipinski definition) is 5. The highest BCUT2D eigenvalue weighted by Gasteiger charge is 2.13. The molecule has 0 atom stereocenters. The summed E-state index contributed by atoms with van der Waals surface area (Å²) in [6, 6.07) is 10.2. The molecule has 0 aliphatic heterocycles. The van der Waals surface area contributed by atoms with Gasteiger partial charge in [-0.15, -0.1) is 0 Å². The molecule has 1 N–H and O–H groups in total. The molecule has 0 fully saturated rings. The normalized spacial score (nSPS) is 10.8. The molecule has 0 saturated carbocycles. The van der Waals surface area contributed by atoms with Crippen molar-refractivity contribution in [1.82, 2.24) is 0 Å². The average Bonchev–Trinajstić information content (AvgIpc) is 2.55. The molecule has 0 spiro atoms. The van der Waals surface area contributed by atoms with E-state index in [-0.39, 0.29) is 11.3 Å². The van der Waals surface area contributed by atoms with Gasteiger partial charge in [-0.3, -0.25) is 14.9 Å². The summed E-state index contributed by atoms with van der Waals surface area (Å²) >= 11 is 0. The van der Waals surface area contributed by atoms with E-state index in [9.17, 15) is 24.4 Å². The Kier molecular flexibility index (Phi) is 4.87. The van der Waals surface area contributed by atoms with E-state index in [1.54, 1.807) is 6.07 Å². The average molecular weight is 326 g/mol. The minimum atomic E-state index is -0.878. The molecule has 7 nitrogen and oxygen atoms in total. The maximum Gasteiger partial charge on any atom is 0.266 e. The first-order chi connectivity index (χ1) is 11.4. The SMILES string of the molecule is N#C/C(=C\c1ccc([O-])c([N+](=O)[O-])c1)C(=O)Nc1ccccc1F. The number of halogens is 1. The molecule has 2 rings (SSSR count). The highest BCUT2D eigenvalue weighted by atomic mass is 19.1. The first kappa shape index (κ1) is 16.6. The fraction of sp³-hybridized carbons (Fsp3) is 0. The molecule has 24 heavy (non-hydrogen) atoms. The van der Waals surface area contributed by atoms with Crippen LogP contribution in [0.4, 0.5) is 15.8 Å². The van der Waals surface area contributed by atoms with Crippen molar-refractivity contribution in [2.75, 3.05) is 5.32 Å². The van der Waals surface area contributed by atoms with E-state index in [0.717, 1.165) is 24.3 Å². The van der Waals surface area contributed by atoms with Gasteiger partial charge in [0, 0.05) is 6.07 Å². The van der Waals surface area contributed by atoms with Gasteiger partial charge in [0.2, 0.25) is 0 Å². The number of para-hydroxylation sites is 1. The molecule has 0 aromatic heterocycles. The summed E-state index contributed by atoms with van der Waals surface area (Å²) in [5.74, 6) is -2.34. The summed E-state index contributed by atoms with van der Waals surface area (Å²) in [4.78, 5) is 21.9. The van der Waals surface area contributed by atoms with Crippen LogP contribution in [0.3, 0.4) is 0 Å². The molecule has 120 valence electrons. The van der Waals surface area contributed by atoms with Crippen molar-refractivity contribution in [3.8, 4) is 11.8 Å². The summed E-state index contributed by atoms with van der Waals surface area (Å²) < 4.78 is 13.5. The third-order valence-corrected chi connectivity index (χ3v) is 2.98. The topological polar surface area (TPSA) is 119 Å². The van der Waals surface area contributed by atoms with Crippen LogP contribution in [-0.4, -0.2) is 10.8 Å². The number of nitro benzene ring substituents is 1. The number of nitro groups is 1. The zero-order chi connectivity index (χ0) is 17.7. The monoisotopic (exact) mass is 326 g/mol. The summed E-state index contributed by atoms with van der Waals surface area (Å²) in [5.41, 5.74) is -1.05. The highest BCUT2D eigenvalue weighted by Crippen LogP contribution is 2.25. The van der Waals surface area contributed by atoms with E-state index in [2.05, 4.69) is 5.32 Å². The quantitative estimate of drug-likeness (QED) is 0.400. The van der Waals surface area contributed by atoms with Gasteiger partial charge >= 0.3 is 0 Å². The van der Waals surface area contributed by atoms with E-state index in [1.807, 2.05) is 0 Å². The Morgan fingerprint density at radius 3 is 2.62 bits per heavy atom. The second kappa shape index (κ2) is 7.02. The van der Waals surface area contributed by atoms with Crippen LogP contribution in [0.1, 0.15) is 5.56 Å². The molecular formula is C16H9FN3O4-. The maximum atomic E-state index is 13.5. The van der Waals surface area contributed by atoms with Crippen molar-refractivity contribution in [3.05, 3.63) is 69.5 Å². The minimum Gasteiger partial charge on any atom is -0.868 e. The van der Waals surface area contributed by atoms with Crippen molar-refractivity contribution in [1.29, 1.82) is 5.26 Å². The second-order valence-corrected chi connectivity index (χ2v) is 4.59. The molecule has 1 amide bonds. The van der Waals surface area contributed by atoms with Crippen LogP contribution >= 0.6 is 0 Å². The molecular weight excluding hydrogens is 317 g/mol. The fourth-order valence-electron chi connectivity index (χ4n) is 1.83. The summed E-state index contributed by atoms with van der Waals surface area (Å²) in [7, 11) is 0. The molecule has 0 radical (unpaired) electrons. The van der Waals surface area contributed by atoms with Gasteiger partial charge in [-0.2, -0.15) is 5.26 Å². The lowest BCUT2D eigenvalue weighted by molar-refractivity contribution is -0.398. The number of hydrogen-bond donors (Lipinski definition) is 1. The number of nitriles is 1. The number of amides is 1. The van der Waals surface area contributed by atoms with Crippen molar-refractivity contribution >= 4 is 23.4 Å². The Hall–Kier alpha value is -3.73. The number of nitrogens with one attached hydrogen (secondary N) is 1. The van der Waals surface area contributed by atoms with E-state index in [4.69, 9.17) is 5.26 Å². The molecule has 0 bridgehead atoms.